The predicted molar refractivity (Wildman–Crippen MR) is 67.2 cm³/mol. The van der Waals surface area contributed by atoms with Crippen LogP contribution in [0.5, 0.6) is 0 Å². The van der Waals surface area contributed by atoms with Crippen molar-refractivity contribution in [1.82, 2.24) is 4.90 Å². The molecule has 5 heteroatoms. The minimum atomic E-state index is -0.192. The maximum Gasteiger partial charge on any atom is 0.233 e. The molecule has 2 amide bonds. The monoisotopic (exact) mass is 348 g/mol. The van der Waals surface area contributed by atoms with Crippen molar-refractivity contribution in [3.05, 3.63) is 13.8 Å². The first-order chi connectivity index (χ1) is 8.65. The van der Waals surface area contributed by atoms with Gasteiger partial charge in [-0.3, -0.25) is 9.59 Å². The van der Waals surface area contributed by atoms with E-state index in [0.29, 0.717) is 0 Å². The number of hydrogen-bond acceptors (Lipinski definition) is 3. The summed E-state index contributed by atoms with van der Waals surface area (Å²) in [6, 6.07) is 0. The van der Waals surface area contributed by atoms with Gasteiger partial charge in [0.2, 0.25) is 11.8 Å². The third-order valence-corrected chi connectivity index (χ3v) is 3.95. The number of rotatable bonds is 2. The first kappa shape index (κ1) is 16.8. The fourth-order valence-corrected chi connectivity index (χ4v) is 2.99. The van der Waals surface area contributed by atoms with Crippen LogP contribution in [0.15, 0.2) is 0 Å². The molecule has 0 aliphatic carbocycles. The van der Waals surface area contributed by atoms with E-state index in [1.807, 2.05) is 0 Å². The van der Waals surface area contributed by atoms with Crippen LogP contribution in [0.3, 0.4) is 0 Å². The van der Waals surface area contributed by atoms with Crippen LogP contribution < -0.4 is 0 Å². The van der Waals surface area contributed by atoms with Crippen molar-refractivity contribution in [2.75, 3.05) is 6.54 Å². The van der Waals surface area contributed by atoms with Crippen molar-refractivity contribution in [2.45, 2.75) is 44.8 Å². The second-order valence-corrected chi connectivity index (χ2v) is 5.02. The van der Waals surface area contributed by atoms with Crippen molar-refractivity contribution in [1.29, 1.82) is 0 Å². The zero-order chi connectivity index (χ0) is 13.3. The molecule has 0 aromatic heterocycles. The third kappa shape index (κ3) is 2.79. The van der Waals surface area contributed by atoms with E-state index in [1.165, 1.54) is 11.3 Å². The molecule has 3 saturated heterocycles. The van der Waals surface area contributed by atoms with Gasteiger partial charge in [0, 0.05) is 20.1 Å². The number of carbonyl (C=O) groups excluding carboxylic acids is 2. The molecule has 0 saturated carbocycles. The fraction of sp³-hybridized carbons (Fsp3) is 0.714. The number of hydrogen-bond donors (Lipinski definition) is 0. The molecular formula is C14H21NO3Tc-2. The summed E-state index contributed by atoms with van der Waals surface area (Å²) in [5.74, 6) is -0.518. The first-order valence-corrected chi connectivity index (χ1v) is 6.74. The van der Waals surface area contributed by atoms with Gasteiger partial charge >= 0.3 is 0 Å². The molecule has 4 unspecified atom stereocenters. The zero-order valence-corrected chi connectivity index (χ0v) is 13.2. The van der Waals surface area contributed by atoms with Gasteiger partial charge in [-0.15, -0.1) is 0 Å². The Morgan fingerprint density at radius 1 is 1.16 bits per heavy atom. The van der Waals surface area contributed by atoms with Crippen LogP contribution >= 0.6 is 0 Å². The van der Waals surface area contributed by atoms with Gasteiger partial charge in [0.25, 0.3) is 0 Å². The molecule has 0 aromatic carbocycles. The molecular weight excluding hydrogens is 328 g/mol. The molecule has 0 spiro atoms. The average molecular weight is 349 g/mol. The summed E-state index contributed by atoms with van der Waals surface area (Å²) < 4.78 is 5.58. The maximum atomic E-state index is 11.8. The van der Waals surface area contributed by atoms with E-state index in [0.717, 1.165) is 19.3 Å². The van der Waals surface area contributed by atoms with E-state index < -0.39 is 0 Å². The van der Waals surface area contributed by atoms with Crippen molar-refractivity contribution >= 4 is 11.8 Å². The maximum absolute atomic E-state index is 11.8. The van der Waals surface area contributed by atoms with Gasteiger partial charge in [-0.2, -0.15) is 6.42 Å². The smallest absolute Gasteiger partial charge is 0.233 e. The Bertz CT molecular complexity index is 318. The zero-order valence-electron chi connectivity index (χ0n) is 11.3. The normalized spacial score (nSPS) is 34.8. The average Bonchev–Trinajstić information content (AvgIpc) is 3.04. The molecule has 3 aliphatic heterocycles. The molecule has 3 heterocycles. The van der Waals surface area contributed by atoms with Gasteiger partial charge < -0.3 is 23.5 Å². The Hall–Kier alpha value is -0.251. The quantitative estimate of drug-likeness (QED) is 0.562. The summed E-state index contributed by atoms with van der Waals surface area (Å²) in [7, 11) is 0. The molecule has 109 valence electrons. The summed E-state index contributed by atoms with van der Waals surface area (Å²) >= 11 is 0. The van der Waals surface area contributed by atoms with Crippen LogP contribution in [0, 0.1) is 25.7 Å². The second kappa shape index (κ2) is 6.96. The van der Waals surface area contributed by atoms with Gasteiger partial charge in [-0.1, -0.05) is 19.9 Å². The minimum absolute atomic E-state index is 0. The number of fused-ring (bicyclic) bond motifs is 5. The Balaban J connectivity index is 0.000000323. The molecule has 19 heavy (non-hydrogen) atoms. The van der Waals surface area contributed by atoms with Crippen LogP contribution in [-0.2, 0) is 34.4 Å². The molecule has 3 rings (SSSR count). The SMILES string of the molecule is [CH2-]CCC.[CH2-]CN1C(=O)C2C3CCC(O3)C2C1=O.[Tc]. The summed E-state index contributed by atoms with van der Waals surface area (Å²) in [6.07, 6.45) is 4.13. The van der Waals surface area contributed by atoms with E-state index in [4.69, 9.17) is 4.74 Å². The fourth-order valence-electron chi connectivity index (χ4n) is 2.99. The van der Waals surface area contributed by atoms with Gasteiger partial charge in [0.15, 0.2) is 0 Å². The molecule has 4 nitrogen and oxygen atoms in total. The van der Waals surface area contributed by atoms with E-state index in [1.54, 1.807) is 0 Å². The largest absolute Gasteiger partial charge is 0.373 e. The number of unbranched alkanes of at least 4 members (excludes halogenated alkanes) is 1. The predicted octanol–water partition coefficient (Wildman–Crippen LogP) is 1.60. The summed E-state index contributed by atoms with van der Waals surface area (Å²) in [4.78, 5) is 24.9. The number of amides is 2. The Morgan fingerprint density at radius 2 is 1.58 bits per heavy atom. The second-order valence-electron chi connectivity index (χ2n) is 5.02. The standard InChI is InChI=1S/C10H12NO3.C4H9.Tc/c1-2-11-9(12)7-5-3-4-6(14-5)8(7)10(11)13;1-3-4-2;/h5-8H,1-4H2;1,3-4H2,2H3;/q2*-1;. The molecule has 3 fully saturated rings. The summed E-state index contributed by atoms with van der Waals surface area (Å²) in [6.45, 7) is 9.59. The van der Waals surface area contributed by atoms with Gasteiger partial charge in [0.05, 0.1) is 24.0 Å². The summed E-state index contributed by atoms with van der Waals surface area (Å²) in [5, 5.41) is 0. The number of ether oxygens (including phenoxy) is 1. The van der Waals surface area contributed by atoms with Crippen molar-refractivity contribution in [3.63, 3.8) is 0 Å². The van der Waals surface area contributed by atoms with Crippen LogP contribution in [-0.4, -0.2) is 35.5 Å². The molecule has 2 bridgehead atoms. The Labute approximate surface area is 128 Å². The summed E-state index contributed by atoms with van der Waals surface area (Å²) in [5.41, 5.74) is 0. The van der Waals surface area contributed by atoms with E-state index in [2.05, 4.69) is 20.8 Å². The Kier molecular flexibility index (Phi) is 6.15. The van der Waals surface area contributed by atoms with Crippen LogP contribution in [0.25, 0.3) is 0 Å². The van der Waals surface area contributed by atoms with Gasteiger partial charge in [-0.25, -0.2) is 0 Å². The molecule has 3 aliphatic rings. The van der Waals surface area contributed by atoms with Crippen molar-refractivity contribution < 1.29 is 34.4 Å². The molecule has 0 aromatic rings. The van der Waals surface area contributed by atoms with E-state index in [-0.39, 0.29) is 62.5 Å². The van der Waals surface area contributed by atoms with Crippen molar-refractivity contribution in [3.8, 4) is 0 Å². The van der Waals surface area contributed by atoms with Crippen LogP contribution in [0.4, 0.5) is 0 Å². The molecule has 1 radical (unpaired) electrons. The number of imide groups is 1. The minimum Gasteiger partial charge on any atom is -0.373 e. The van der Waals surface area contributed by atoms with Crippen LogP contribution in [0.2, 0.25) is 0 Å². The van der Waals surface area contributed by atoms with Gasteiger partial charge in [0.1, 0.15) is 0 Å². The first-order valence-electron chi connectivity index (χ1n) is 6.74. The molecule has 4 atom stereocenters. The molecule has 0 N–H and O–H groups in total. The number of carbonyl (C=O) groups is 2. The third-order valence-electron chi connectivity index (χ3n) is 3.95. The van der Waals surface area contributed by atoms with Gasteiger partial charge in [-0.05, 0) is 12.8 Å². The number of nitrogens with zero attached hydrogens (tertiary/aromatic N) is 1. The Morgan fingerprint density at radius 3 is 1.89 bits per heavy atom. The van der Waals surface area contributed by atoms with Crippen molar-refractivity contribution in [2.24, 2.45) is 11.8 Å². The number of likely N-dealkylation sites (tertiary alicyclic amines) is 1. The van der Waals surface area contributed by atoms with E-state index in [9.17, 15) is 9.59 Å². The van der Waals surface area contributed by atoms with Crippen LogP contribution in [0.1, 0.15) is 32.6 Å². The topological polar surface area (TPSA) is 46.6 Å². The van der Waals surface area contributed by atoms with E-state index >= 15 is 0 Å².